The van der Waals surface area contributed by atoms with Crippen LogP contribution >= 0.6 is 0 Å². The van der Waals surface area contributed by atoms with Gasteiger partial charge in [0.1, 0.15) is 5.82 Å². The van der Waals surface area contributed by atoms with Crippen LogP contribution in [-0.4, -0.2) is 9.78 Å². The molecule has 0 atom stereocenters. The minimum absolute atomic E-state index is 0.339. The summed E-state index contributed by atoms with van der Waals surface area (Å²) < 4.78 is 15.4. The molecule has 0 amide bonds. The topological polar surface area (TPSA) is 55.9 Å². The summed E-state index contributed by atoms with van der Waals surface area (Å²) in [5.41, 5.74) is 9.58. The lowest BCUT2D eigenvalue weighted by atomic mass is 10.2. The highest BCUT2D eigenvalue weighted by Gasteiger charge is 2.11. The number of benzene rings is 1. The van der Waals surface area contributed by atoms with Crippen molar-refractivity contribution in [2.45, 2.75) is 20.4 Å². The molecule has 0 aliphatic heterocycles. The van der Waals surface area contributed by atoms with Crippen molar-refractivity contribution in [3.8, 4) is 0 Å². The summed E-state index contributed by atoms with van der Waals surface area (Å²) in [6, 6.07) is 4.66. The van der Waals surface area contributed by atoms with Gasteiger partial charge >= 0.3 is 0 Å². The molecule has 0 spiro atoms. The Morgan fingerprint density at radius 2 is 2.11 bits per heavy atom. The van der Waals surface area contributed by atoms with Crippen LogP contribution in [-0.2, 0) is 13.6 Å². The highest BCUT2D eigenvalue weighted by atomic mass is 19.1. The van der Waals surface area contributed by atoms with E-state index in [1.54, 1.807) is 12.1 Å². The van der Waals surface area contributed by atoms with E-state index in [4.69, 9.17) is 5.73 Å². The van der Waals surface area contributed by atoms with E-state index in [0.29, 0.717) is 17.9 Å². The van der Waals surface area contributed by atoms with Crippen molar-refractivity contribution in [1.29, 1.82) is 0 Å². The van der Waals surface area contributed by atoms with E-state index in [-0.39, 0.29) is 5.82 Å². The Kier molecular flexibility index (Phi) is 3.23. The molecular weight excluding hydrogens is 231 g/mol. The summed E-state index contributed by atoms with van der Waals surface area (Å²) in [5.74, 6) is -0.339. The molecule has 1 heterocycles. The first kappa shape index (κ1) is 12.4. The quantitative estimate of drug-likeness (QED) is 0.820. The summed E-state index contributed by atoms with van der Waals surface area (Å²) in [6.07, 6.45) is 0. The van der Waals surface area contributed by atoms with Crippen molar-refractivity contribution in [2.24, 2.45) is 7.05 Å². The van der Waals surface area contributed by atoms with Crippen LogP contribution in [0.3, 0.4) is 0 Å². The van der Waals surface area contributed by atoms with Crippen LogP contribution in [0, 0.1) is 19.7 Å². The van der Waals surface area contributed by atoms with Crippen molar-refractivity contribution >= 4 is 11.4 Å². The maximum Gasteiger partial charge on any atom is 0.148 e. The van der Waals surface area contributed by atoms with Crippen LogP contribution in [0.15, 0.2) is 18.2 Å². The first-order valence-corrected chi connectivity index (χ1v) is 5.77. The van der Waals surface area contributed by atoms with Gasteiger partial charge in [0.2, 0.25) is 0 Å². The molecule has 4 nitrogen and oxygen atoms in total. The van der Waals surface area contributed by atoms with Crippen LogP contribution in [0.5, 0.6) is 0 Å². The van der Waals surface area contributed by atoms with E-state index in [9.17, 15) is 4.39 Å². The van der Waals surface area contributed by atoms with E-state index in [1.807, 2.05) is 25.6 Å². The van der Waals surface area contributed by atoms with Crippen molar-refractivity contribution in [3.63, 3.8) is 0 Å². The van der Waals surface area contributed by atoms with Crippen molar-refractivity contribution in [3.05, 3.63) is 41.0 Å². The smallest absolute Gasteiger partial charge is 0.148 e. The fraction of sp³-hybridized carbons (Fsp3) is 0.308. The van der Waals surface area contributed by atoms with E-state index in [1.165, 1.54) is 6.07 Å². The first-order chi connectivity index (χ1) is 8.50. The molecule has 96 valence electrons. The van der Waals surface area contributed by atoms with Gasteiger partial charge in [-0.1, -0.05) is 6.07 Å². The number of halogens is 1. The van der Waals surface area contributed by atoms with Gasteiger partial charge in [-0.15, -0.1) is 0 Å². The van der Waals surface area contributed by atoms with E-state index >= 15 is 0 Å². The molecule has 18 heavy (non-hydrogen) atoms. The number of nitrogens with one attached hydrogen (secondary N) is 1. The van der Waals surface area contributed by atoms with E-state index in [0.717, 1.165) is 17.0 Å². The Balaban J connectivity index is 2.22. The predicted molar refractivity (Wildman–Crippen MR) is 70.8 cm³/mol. The number of rotatable bonds is 3. The van der Waals surface area contributed by atoms with Crippen molar-refractivity contribution < 1.29 is 4.39 Å². The molecule has 2 aromatic rings. The molecular formula is C13H17FN4. The van der Waals surface area contributed by atoms with Crippen LogP contribution in [0.25, 0.3) is 0 Å². The largest absolute Gasteiger partial charge is 0.397 e. The lowest BCUT2D eigenvalue weighted by Gasteiger charge is -2.10. The molecule has 0 fully saturated rings. The average molecular weight is 248 g/mol. The second kappa shape index (κ2) is 4.68. The predicted octanol–water partition coefficient (Wildman–Crippen LogP) is 2.37. The zero-order valence-electron chi connectivity index (χ0n) is 10.8. The van der Waals surface area contributed by atoms with Crippen LogP contribution in [0.4, 0.5) is 15.8 Å². The van der Waals surface area contributed by atoms with Crippen molar-refractivity contribution in [2.75, 3.05) is 11.1 Å². The number of hydrogen-bond acceptors (Lipinski definition) is 3. The molecule has 0 bridgehead atoms. The third-order valence-corrected chi connectivity index (χ3v) is 3.15. The number of aromatic nitrogens is 2. The van der Waals surface area contributed by atoms with Crippen LogP contribution < -0.4 is 11.1 Å². The lowest BCUT2D eigenvalue weighted by Crippen LogP contribution is -2.06. The Labute approximate surface area is 106 Å². The van der Waals surface area contributed by atoms with Gasteiger partial charge in [0, 0.05) is 24.8 Å². The molecule has 0 aliphatic rings. The fourth-order valence-corrected chi connectivity index (χ4v) is 1.98. The van der Waals surface area contributed by atoms with E-state index in [2.05, 4.69) is 10.4 Å². The van der Waals surface area contributed by atoms with Crippen LogP contribution in [0.2, 0.25) is 0 Å². The van der Waals surface area contributed by atoms with E-state index < -0.39 is 0 Å². The normalized spacial score (nSPS) is 10.7. The zero-order chi connectivity index (χ0) is 13.3. The van der Waals surface area contributed by atoms with Gasteiger partial charge in [0.15, 0.2) is 0 Å². The van der Waals surface area contributed by atoms with Gasteiger partial charge in [-0.25, -0.2) is 4.39 Å². The maximum atomic E-state index is 13.6. The van der Waals surface area contributed by atoms with Gasteiger partial charge in [-0.05, 0) is 26.0 Å². The Hall–Kier alpha value is -2.04. The number of nitrogens with two attached hydrogens (primary N) is 1. The maximum absolute atomic E-state index is 13.6. The first-order valence-electron chi connectivity index (χ1n) is 5.77. The highest BCUT2D eigenvalue weighted by molar-refractivity contribution is 5.66. The Morgan fingerprint density at radius 3 is 2.67 bits per heavy atom. The molecule has 1 aromatic heterocycles. The minimum Gasteiger partial charge on any atom is -0.397 e. The Bertz CT molecular complexity index is 554. The van der Waals surface area contributed by atoms with Gasteiger partial charge in [-0.2, -0.15) is 5.10 Å². The lowest BCUT2D eigenvalue weighted by molar-refractivity contribution is 0.630. The molecule has 5 heteroatoms. The molecule has 1 aromatic carbocycles. The number of nitrogens with zero attached hydrogens (tertiary/aromatic N) is 2. The highest BCUT2D eigenvalue weighted by Crippen LogP contribution is 2.23. The summed E-state index contributed by atoms with van der Waals surface area (Å²) in [6.45, 7) is 4.44. The molecule has 0 unspecified atom stereocenters. The molecule has 3 N–H and O–H groups in total. The minimum atomic E-state index is -0.339. The number of aryl methyl sites for hydroxylation is 2. The van der Waals surface area contributed by atoms with Gasteiger partial charge in [-0.3, -0.25) is 4.68 Å². The Morgan fingerprint density at radius 1 is 1.39 bits per heavy atom. The summed E-state index contributed by atoms with van der Waals surface area (Å²) in [4.78, 5) is 0. The fourth-order valence-electron chi connectivity index (χ4n) is 1.98. The second-order valence-corrected chi connectivity index (χ2v) is 4.33. The number of nitrogen functional groups attached to an aromatic ring is 1. The summed E-state index contributed by atoms with van der Waals surface area (Å²) >= 11 is 0. The molecule has 0 aliphatic carbocycles. The number of para-hydroxylation sites is 1. The third kappa shape index (κ3) is 2.16. The third-order valence-electron chi connectivity index (χ3n) is 3.15. The van der Waals surface area contributed by atoms with Gasteiger partial charge in [0.05, 0.1) is 17.1 Å². The van der Waals surface area contributed by atoms with Gasteiger partial charge in [0.25, 0.3) is 0 Å². The summed E-state index contributed by atoms with van der Waals surface area (Å²) in [7, 11) is 1.89. The van der Waals surface area contributed by atoms with Gasteiger partial charge < -0.3 is 11.1 Å². The number of anilines is 2. The molecule has 0 saturated carbocycles. The molecule has 2 rings (SSSR count). The number of hydrogen-bond donors (Lipinski definition) is 2. The second-order valence-electron chi connectivity index (χ2n) is 4.33. The molecule has 0 radical (unpaired) electrons. The monoisotopic (exact) mass is 248 g/mol. The zero-order valence-corrected chi connectivity index (χ0v) is 10.8. The summed E-state index contributed by atoms with van der Waals surface area (Å²) in [5, 5.41) is 7.36. The SMILES string of the molecule is Cc1nn(C)c(C)c1CNc1c(N)cccc1F. The average Bonchev–Trinajstić information content (AvgIpc) is 2.54. The van der Waals surface area contributed by atoms with Crippen molar-refractivity contribution in [1.82, 2.24) is 9.78 Å². The molecule has 0 saturated heterocycles. The van der Waals surface area contributed by atoms with Crippen LogP contribution in [0.1, 0.15) is 17.0 Å². The standard InChI is InChI=1S/C13H17FN4/c1-8-10(9(2)18(3)17-8)7-16-13-11(14)5-4-6-12(13)15/h4-6,16H,7,15H2,1-3H3.